The van der Waals surface area contributed by atoms with Crippen LogP contribution in [0.25, 0.3) is 0 Å². The molecule has 0 aromatic carbocycles. The van der Waals surface area contributed by atoms with E-state index in [1.165, 1.54) is 12.8 Å². The Morgan fingerprint density at radius 2 is 1.29 bits per heavy atom. The van der Waals surface area contributed by atoms with Gasteiger partial charge in [0.05, 0.1) is 6.61 Å². The molecule has 0 aromatic heterocycles. The van der Waals surface area contributed by atoms with E-state index in [0.29, 0.717) is 6.61 Å². The third-order valence-electron chi connectivity index (χ3n) is 6.40. The van der Waals surface area contributed by atoms with Crippen LogP contribution < -0.4 is 0 Å². The molecule has 6 heteroatoms. The van der Waals surface area contributed by atoms with E-state index in [1.807, 2.05) is 0 Å². The smallest absolute Gasteiger partial charge is 0.184 e. The van der Waals surface area contributed by atoms with Crippen LogP contribution in [0.4, 0.5) is 0 Å². The average molecular weight is 340 g/mol. The summed E-state index contributed by atoms with van der Waals surface area (Å²) in [4.78, 5) is 0. The molecule has 2 unspecified atom stereocenters. The van der Waals surface area contributed by atoms with Gasteiger partial charge in [0.15, 0.2) is 17.9 Å². The zero-order chi connectivity index (χ0) is 16.2. The molecule has 5 rings (SSSR count). The molecule has 2 saturated carbocycles. The van der Waals surface area contributed by atoms with Gasteiger partial charge in [-0.05, 0) is 25.7 Å². The Morgan fingerprint density at radius 1 is 0.667 bits per heavy atom. The first-order chi connectivity index (χ1) is 11.7. The standard InChI is InChI=1S/C18H28O6/c19-16-15-14(23-18(24-15)9-5-2-6-10-18)13(21-16)12-11-20-17(22-12)7-3-1-4-8-17/h12-16,19H,1-11H2/t12?,13-,14+,15+,16?/m1/s1. The average Bonchev–Trinajstić information content (AvgIpc) is 3.24. The Balaban J connectivity index is 1.30. The highest BCUT2D eigenvalue weighted by Crippen LogP contribution is 2.48. The number of aliphatic hydroxyl groups excluding tert-OH is 1. The predicted molar refractivity (Wildman–Crippen MR) is 83.1 cm³/mol. The summed E-state index contributed by atoms with van der Waals surface area (Å²) in [7, 11) is 0. The molecule has 5 aliphatic rings. The zero-order valence-electron chi connectivity index (χ0n) is 14.2. The van der Waals surface area contributed by atoms with Crippen molar-refractivity contribution in [2.45, 2.75) is 106 Å². The minimum absolute atomic E-state index is 0.185. The van der Waals surface area contributed by atoms with Crippen LogP contribution in [0.1, 0.15) is 64.2 Å². The molecule has 0 aromatic rings. The van der Waals surface area contributed by atoms with Crippen LogP contribution in [0.2, 0.25) is 0 Å². The summed E-state index contributed by atoms with van der Waals surface area (Å²) in [5.74, 6) is -0.949. The van der Waals surface area contributed by atoms with Crippen LogP contribution in [0.3, 0.4) is 0 Å². The first-order valence-corrected chi connectivity index (χ1v) is 9.70. The van der Waals surface area contributed by atoms with E-state index in [9.17, 15) is 5.11 Å². The second-order valence-electron chi connectivity index (χ2n) is 8.07. The van der Waals surface area contributed by atoms with Crippen molar-refractivity contribution in [2.75, 3.05) is 6.61 Å². The number of hydrogen-bond acceptors (Lipinski definition) is 6. The van der Waals surface area contributed by atoms with Crippen molar-refractivity contribution < 1.29 is 28.8 Å². The number of ether oxygens (including phenoxy) is 5. The molecular formula is C18H28O6. The summed E-state index contributed by atoms with van der Waals surface area (Å²) in [6, 6.07) is 0. The topological polar surface area (TPSA) is 66.4 Å². The molecule has 5 fully saturated rings. The van der Waals surface area contributed by atoms with Gasteiger partial charge >= 0.3 is 0 Å². The molecule has 3 heterocycles. The van der Waals surface area contributed by atoms with Crippen LogP contribution in [-0.2, 0) is 23.7 Å². The third kappa shape index (κ3) is 2.54. The highest BCUT2D eigenvalue weighted by atomic mass is 16.8. The van der Waals surface area contributed by atoms with Crippen molar-refractivity contribution >= 4 is 0 Å². The largest absolute Gasteiger partial charge is 0.366 e. The maximum Gasteiger partial charge on any atom is 0.184 e. The van der Waals surface area contributed by atoms with Crippen molar-refractivity contribution in [1.29, 1.82) is 0 Å². The van der Waals surface area contributed by atoms with E-state index in [4.69, 9.17) is 23.7 Å². The van der Waals surface area contributed by atoms with Crippen molar-refractivity contribution in [1.82, 2.24) is 0 Å². The summed E-state index contributed by atoms with van der Waals surface area (Å²) in [6.45, 7) is 0.511. The van der Waals surface area contributed by atoms with Crippen LogP contribution in [0.15, 0.2) is 0 Å². The first kappa shape index (κ1) is 16.0. The van der Waals surface area contributed by atoms with E-state index in [2.05, 4.69) is 0 Å². The molecule has 0 radical (unpaired) electrons. The summed E-state index contributed by atoms with van der Waals surface area (Å²) >= 11 is 0. The Labute approximate surface area is 142 Å². The molecule has 2 spiro atoms. The van der Waals surface area contributed by atoms with Gasteiger partial charge in [0, 0.05) is 25.7 Å². The zero-order valence-corrected chi connectivity index (χ0v) is 14.2. The molecule has 2 aliphatic carbocycles. The highest BCUT2D eigenvalue weighted by molar-refractivity contribution is 5.01. The molecule has 1 N–H and O–H groups in total. The van der Waals surface area contributed by atoms with Gasteiger partial charge in [-0.2, -0.15) is 0 Å². The van der Waals surface area contributed by atoms with Crippen LogP contribution in [0.5, 0.6) is 0 Å². The van der Waals surface area contributed by atoms with Crippen molar-refractivity contribution in [2.24, 2.45) is 0 Å². The highest BCUT2D eigenvalue weighted by Gasteiger charge is 2.61. The van der Waals surface area contributed by atoms with Crippen LogP contribution in [-0.4, -0.2) is 54.0 Å². The second kappa shape index (κ2) is 5.89. The van der Waals surface area contributed by atoms with E-state index < -0.39 is 24.0 Å². The Hall–Kier alpha value is -0.240. The predicted octanol–water partition coefficient (Wildman–Crippen LogP) is 2.22. The molecule has 6 nitrogen and oxygen atoms in total. The van der Waals surface area contributed by atoms with Gasteiger partial charge in [-0.3, -0.25) is 0 Å². The SMILES string of the molecule is OC1O[C@H](C2COC3(CCCCC3)O2)[C@@H]2OC3(CCCCC3)O[C@H]12. The number of rotatable bonds is 1. The summed E-state index contributed by atoms with van der Waals surface area (Å²) < 4.78 is 30.6. The number of hydrogen-bond donors (Lipinski definition) is 1. The van der Waals surface area contributed by atoms with Gasteiger partial charge in [0.25, 0.3) is 0 Å². The maximum absolute atomic E-state index is 10.3. The van der Waals surface area contributed by atoms with Crippen molar-refractivity contribution in [3.05, 3.63) is 0 Å². The molecule has 0 amide bonds. The normalized spacial score (nSPS) is 46.6. The Kier molecular flexibility index (Phi) is 3.92. The summed E-state index contributed by atoms with van der Waals surface area (Å²) in [5.41, 5.74) is 0. The molecule has 24 heavy (non-hydrogen) atoms. The van der Waals surface area contributed by atoms with Crippen LogP contribution in [0, 0.1) is 0 Å². The van der Waals surface area contributed by atoms with Crippen molar-refractivity contribution in [3.8, 4) is 0 Å². The second-order valence-corrected chi connectivity index (χ2v) is 8.07. The first-order valence-electron chi connectivity index (χ1n) is 9.70. The molecule has 3 aliphatic heterocycles. The van der Waals surface area contributed by atoms with E-state index >= 15 is 0 Å². The quantitative estimate of drug-likeness (QED) is 0.789. The summed E-state index contributed by atoms with van der Waals surface area (Å²) in [6.07, 6.45) is 8.64. The third-order valence-corrected chi connectivity index (χ3v) is 6.40. The van der Waals surface area contributed by atoms with Gasteiger partial charge in [-0.25, -0.2) is 0 Å². The maximum atomic E-state index is 10.3. The minimum atomic E-state index is -0.937. The van der Waals surface area contributed by atoms with Crippen molar-refractivity contribution in [3.63, 3.8) is 0 Å². The van der Waals surface area contributed by atoms with Gasteiger partial charge in [0.2, 0.25) is 0 Å². The fourth-order valence-corrected chi connectivity index (χ4v) is 5.17. The number of aliphatic hydroxyl groups is 1. The lowest BCUT2D eigenvalue weighted by atomic mass is 9.94. The Morgan fingerprint density at radius 3 is 2.00 bits per heavy atom. The monoisotopic (exact) mass is 340 g/mol. The molecule has 3 saturated heterocycles. The van der Waals surface area contributed by atoms with Gasteiger partial charge < -0.3 is 28.8 Å². The van der Waals surface area contributed by atoms with Gasteiger partial charge in [-0.15, -0.1) is 0 Å². The van der Waals surface area contributed by atoms with Gasteiger partial charge in [0.1, 0.15) is 24.4 Å². The van der Waals surface area contributed by atoms with E-state index in [-0.39, 0.29) is 18.3 Å². The number of fused-ring (bicyclic) bond motifs is 1. The molecule has 136 valence electrons. The lowest BCUT2D eigenvalue weighted by Gasteiger charge is -2.35. The molecule has 0 bridgehead atoms. The van der Waals surface area contributed by atoms with E-state index in [0.717, 1.165) is 51.4 Å². The lowest BCUT2D eigenvalue weighted by Crippen LogP contribution is -2.43. The lowest BCUT2D eigenvalue weighted by molar-refractivity contribution is -0.260. The molecular weight excluding hydrogens is 312 g/mol. The molecule has 5 atom stereocenters. The summed E-state index contributed by atoms with van der Waals surface area (Å²) in [5, 5.41) is 10.3. The minimum Gasteiger partial charge on any atom is -0.366 e. The fourth-order valence-electron chi connectivity index (χ4n) is 5.17. The fraction of sp³-hybridized carbons (Fsp3) is 1.00. The van der Waals surface area contributed by atoms with Gasteiger partial charge in [-0.1, -0.05) is 12.8 Å². The van der Waals surface area contributed by atoms with E-state index in [1.54, 1.807) is 0 Å². The van der Waals surface area contributed by atoms with Crippen LogP contribution >= 0.6 is 0 Å². The Bertz CT molecular complexity index is 470.